The van der Waals surface area contributed by atoms with Gasteiger partial charge in [-0.15, -0.1) is 0 Å². The Hall–Kier alpha value is -2.62. The second kappa shape index (κ2) is 7.32. The third-order valence-corrected chi connectivity index (χ3v) is 4.56. The fourth-order valence-electron chi connectivity index (χ4n) is 2.92. The van der Waals surface area contributed by atoms with Crippen LogP contribution in [0.25, 0.3) is 0 Å². The number of carbonyl (C=O) groups excluding carboxylic acids is 1. The maximum atomic E-state index is 12.9. The first-order chi connectivity index (χ1) is 12.7. The van der Waals surface area contributed by atoms with Crippen LogP contribution < -0.4 is 4.74 Å². The van der Waals surface area contributed by atoms with Gasteiger partial charge in [0.2, 0.25) is 0 Å². The van der Waals surface area contributed by atoms with Crippen molar-refractivity contribution in [3.8, 4) is 5.75 Å². The molecule has 1 aliphatic heterocycles. The van der Waals surface area contributed by atoms with Crippen molar-refractivity contribution in [1.82, 2.24) is 0 Å². The molecule has 1 saturated heterocycles. The predicted molar refractivity (Wildman–Crippen MR) is 101 cm³/mol. The molecule has 3 aromatic carbocycles. The summed E-state index contributed by atoms with van der Waals surface area (Å²) in [6, 6.07) is 24.7. The van der Waals surface area contributed by atoms with Gasteiger partial charge in [0.25, 0.3) is 0 Å². The number of epoxide rings is 1. The first-order valence-electron chi connectivity index (χ1n) is 8.43. The second-order valence-corrected chi connectivity index (χ2v) is 6.60. The number of ether oxygens (including phenoxy) is 2. The van der Waals surface area contributed by atoms with Crippen LogP contribution in [-0.2, 0) is 11.3 Å². The molecule has 4 rings (SSSR count). The molecule has 0 aromatic heterocycles. The van der Waals surface area contributed by atoms with E-state index in [0.717, 1.165) is 11.1 Å². The molecular formula is C22H17ClO3. The lowest BCUT2D eigenvalue weighted by atomic mass is 10.0. The fourth-order valence-corrected chi connectivity index (χ4v) is 3.09. The van der Waals surface area contributed by atoms with Crippen LogP contribution >= 0.6 is 11.6 Å². The largest absolute Gasteiger partial charge is 0.488 e. The van der Waals surface area contributed by atoms with Crippen molar-refractivity contribution in [2.24, 2.45) is 0 Å². The number of rotatable bonds is 6. The van der Waals surface area contributed by atoms with Crippen LogP contribution in [-0.4, -0.2) is 11.9 Å². The van der Waals surface area contributed by atoms with E-state index < -0.39 is 6.10 Å². The van der Waals surface area contributed by atoms with Crippen LogP contribution in [0.1, 0.15) is 27.6 Å². The number of carbonyl (C=O) groups is 1. The summed E-state index contributed by atoms with van der Waals surface area (Å²) in [4.78, 5) is 12.9. The standard InChI is InChI=1S/C22H17ClO3/c23-17-11-12-19(25-14-15-7-3-1-4-8-15)18(13-17)20(24)22-21(26-22)16-9-5-2-6-10-16/h1-13,21-22H,14H2/t21-,22-/m1/s1. The van der Waals surface area contributed by atoms with Crippen molar-refractivity contribution in [2.45, 2.75) is 18.8 Å². The lowest BCUT2D eigenvalue weighted by Crippen LogP contribution is -2.11. The summed E-state index contributed by atoms with van der Waals surface area (Å²) in [5, 5.41) is 0.498. The zero-order chi connectivity index (χ0) is 17.9. The van der Waals surface area contributed by atoms with E-state index in [1.807, 2.05) is 60.7 Å². The maximum absolute atomic E-state index is 12.9. The molecule has 4 heteroatoms. The van der Waals surface area contributed by atoms with E-state index in [9.17, 15) is 4.79 Å². The van der Waals surface area contributed by atoms with Gasteiger partial charge in [0.05, 0.1) is 5.56 Å². The summed E-state index contributed by atoms with van der Waals surface area (Å²) in [5.74, 6) is 0.412. The highest BCUT2D eigenvalue weighted by atomic mass is 35.5. The van der Waals surface area contributed by atoms with Crippen LogP contribution in [0, 0.1) is 0 Å². The third kappa shape index (κ3) is 3.64. The summed E-state index contributed by atoms with van der Waals surface area (Å²) in [7, 11) is 0. The SMILES string of the molecule is O=C(c1cc(Cl)ccc1OCc1ccccc1)[C@H]1O[C@@H]1c1ccccc1. The minimum Gasteiger partial charge on any atom is -0.488 e. The minimum absolute atomic E-state index is 0.107. The molecule has 0 saturated carbocycles. The molecule has 0 aliphatic carbocycles. The van der Waals surface area contributed by atoms with E-state index in [-0.39, 0.29) is 11.9 Å². The van der Waals surface area contributed by atoms with Gasteiger partial charge >= 0.3 is 0 Å². The van der Waals surface area contributed by atoms with E-state index in [1.165, 1.54) is 0 Å². The van der Waals surface area contributed by atoms with Gasteiger partial charge in [0.1, 0.15) is 18.5 Å². The highest BCUT2D eigenvalue weighted by Gasteiger charge is 2.46. The molecule has 0 spiro atoms. The normalized spacial score (nSPS) is 18.3. The second-order valence-electron chi connectivity index (χ2n) is 6.17. The predicted octanol–water partition coefficient (Wildman–Crippen LogP) is 5.24. The van der Waals surface area contributed by atoms with Gasteiger partial charge in [0, 0.05) is 5.02 Å². The van der Waals surface area contributed by atoms with Crippen molar-refractivity contribution in [2.75, 3.05) is 0 Å². The van der Waals surface area contributed by atoms with Crippen LogP contribution in [0.4, 0.5) is 0 Å². The highest BCUT2D eigenvalue weighted by Crippen LogP contribution is 2.42. The Balaban J connectivity index is 1.52. The van der Waals surface area contributed by atoms with E-state index in [4.69, 9.17) is 21.1 Å². The average molecular weight is 365 g/mol. The Bertz CT molecular complexity index is 909. The number of benzene rings is 3. The molecule has 1 heterocycles. The maximum Gasteiger partial charge on any atom is 0.198 e. The lowest BCUT2D eigenvalue weighted by Gasteiger charge is -2.11. The van der Waals surface area contributed by atoms with Crippen molar-refractivity contribution in [3.05, 3.63) is 101 Å². The monoisotopic (exact) mass is 364 g/mol. The first kappa shape index (κ1) is 16.8. The van der Waals surface area contributed by atoms with Crippen LogP contribution in [0.2, 0.25) is 5.02 Å². The van der Waals surface area contributed by atoms with Crippen molar-refractivity contribution >= 4 is 17.4 Å². The Morgan fingerprint density at radius 2 is 1.65 bits per heavy atom. The van der Waals surface area contributed by atoms with Crippen molar-refractivity contribution < 1.29 is 14.3 Å². The number of hydrogen-bond donors (Lipinski definition) is 0. The van der Waals surface area contributed by atoms with Gasteiger partial charge in [0.15, 0.2) is 11.9 Å². The van der Waals surface area contributed by atoms with Crippen LogP contribution in [0.5, 0.6) is 5.75 Å². The summed E-state index contributed by atoms with van der Waals surface area (Å²) < 4.78 is 11.5. The van der Waals surface area contributed by atoms with Gasteiger partial charge < -0.3 is 9.47 Å². The average Bonchev–Trinajstić information content (AvgIpc) is 3.49. The molecule has 1 fully saturated rings. The smallest absolute Gasteiger partial charge is 0.198 e. The van der Waals surface area contributed by atoms with Gasteiger partial charge in [-0.2, -0.15) is 0 Å². The summed E-state index contributed by atoms with van der Waals surface area (Å²) in [6.45, 7) is 0.385. The molecule has 130 valence electrons. The molecule has 3 nitrogen and oxygen atoms in total. The molecule has 0 radical (unpaired) electrons. The molecule has 0 N–H and O–H groups in total. The molecule has 1 aliphatic rings. The van der Waals surface area contributed by atoms with Gasteiger partial charge in [-0.25, -0.2) is 0 Å². The van der Waals surface area contributed by atoms with Crippen LogP contribution in [0.15, 0.2) is 78.9 Å². The van der Waals surface area contributed by atoms with E-state index in [0.29, 0.717) is 22.9 Å². The van der Waals surface area contributed by atoms with Gasteiger partial charge in [-0.1, -0.05) is 72.3 Å². The molecule has 0 amide bonds. The molecule has 26 heavy (non-hydrogen) atoms. The highest BCUT2D eigenvalue weighted by molar-refractivity contribution is 6.31. The topological polar surface area (TPSA) is 38.8 Å². The molecule has 0 unspecified atom stereocenters. The van der Waals surface area contributed by atoms with Gasteiger partial charge in [-0.05, 0) is 29.3 Å². The fraction of sp³-hybridized carbons (Fsp3) is 0.136. The summed E-state index contributed by atoms with van der Waals surface area (Å²) >= 11 is 6.11. The van der Waals surface area contributed by atoms with Crippen LogP contribution in [0.3, 0.4) is 0 Å². The van der Waals surface area contributed by atoms with Crippen molar-refractivity contribution in [3.63, 3.8) is 0 Å². The number of ketones is 1. The summed E-state index contributed by atoms with van der Waals surface area (Å²) in [5.41, 5.74) is 2.49. The van der Waals surface area contributed by atoms with E-state index in [1.54, 1.807) is 18.2 Å². The zero-order valence-corrected chi connectivity index (χ0v) is 14.7. The molecular weight excluding hydrogens is 348 g/mol. The zero-order valence-electron chi connectivity index (χ0n) is 14.0. The number of hydrogen-bond acceptors (Lipinski definition) is 3. The van der Waals surface area contributed by atoms with E-state index >= 15 is 0 Å². The first-order valence-corrected chi connectivity index (χ1v) is 8.81. The number of halogens is 1. The number of Topliss-reactive ketones (excluding diaryl/α,β-unsaturated/α-hetero) is 1. The van der Waals surface area contributed by atoms with Crippen molar-refractivity contribution in [1.29, 1.82) is 0 Å². The van der Waals surface area contributed by atoms with Gasteiger partial charge in [-0.3, -0.25) is 4.79 Å². The Kier molecular flexibility index (Phi) is 4.74. The third-order valence-electron chi connectivity index (χ3n) is 4.32. The Morgan fingerprint density at radius 1 is 0.962 bits per heavy atom. The molecule has 3 aromatic rings. The molecule has 0 bridgehead atoms. The quantitative estimate of drug-likeness (QED) is 0.443. The summed E-state index contributed by atoms with van der Waals surface area (Å²) in [6.07, 6.45) is -0.695. The Morgan fingerprint density at radius 3 is 2.38 bits per heavy atom. The molecule has 2 atom stereocenters. The van der Waals surface area contributed by atoms with E-state index in [2.05, 4.69) is 0 Å². The minimum atomic E-state index is -0.491. The lowest BCUT2D eigenvalue weighted by molar-refractivity contribution is 0.0949. The Labute approximate surface area is 157 Å².